The zero-order valence-electron chi connectivity index (χ0n) is 15.5. The molecule has 5 heteroatoms. The number of ether oxygens (including phenoxy) is 1. The number of rotatable bonds is 6. The molecule has 0 aliphatic heterocycles. The fourth-order valence-corrected chi connectivity index (χ4v) is 4.02. The molecule has 0 bridgehead atoms. The summed E-state index contributed by atoms with van der Waals surface area (Å²) in [5, 5.41) is 0.869. The third kappa shape index (κ3) is 4.76. The maximum absolute atomic E-state index is 13.2. The van der Waals surface area contributed by atoms with Gasteiger partial charge in [-0.1, -0.05) is 60.7 Å². The van der Waals surface area contributed by atoms with Gasteiger partial charge in [-0.15, -0.1) is 11.3 Å². The summed E-state index contributed by atoms with van der Waals surface area (Å²) in [6.45, 7) is 0.0909. The summed E-state index contributed by atoms with van der Waals surface area (Å²) in [4.78, 5) is 18.0. The average Bonchev–Trinajstić information content (AvgIpc) is 3.17. The van der Waals surface area contributed by atoms with Crippen LogP contribution >= 0.6 is 11.3 Å². The lowest BCUT2D eigenvalue weighted by molar-refractivity contribution is 0.0467. The van der Waals surface area contributed by atoms with Gasteiger partial charge in [0.05, 0.1) is 11.3 Å². The van der Waals surface area contributed by atoms with Gasteiger partial charge >= 0.3 is 5.97 Å². The molecule has 0 saturated heterocycles. The van der Waals surface area contributed by atoms with E-state index in [1.165, 1.54) is 12.1 Å². The van der Waals surface area contributed by atoms with Crippen molar-refractivity contribution in [1.29, 1.82) is 0 Å². The number of hydrogen-bond acceptors (Lipinski definition) is 4. The van der Waals surface area contributed by atoms with Crippen LogP contribution in [-0.2, 0) is 17.8 Å². The first kappa shape index (κ1) is 19.0. The molecule has 0 fully saturated rings. The van der Waals surface area contributed by atoms with Gasteiger partial charge < -0.3 is 4.74 Å². The molecule has 0 amide bonds. The topological polar surface area (TPSA) is 39.2 Å². The molecule has 4 rings (SSSR count). The van der Waals surface area contributed by atoms with Gasteiger partial charge in [-0.3, -0.25) is 0 Å². The van der Waals surface area contributed by atoms with Crippen molar-refractivity contribution in [2.24, 2.45) is 0 Å². The van der Waals surface area contributed by atoms with Crippen LogP contribution in [0.1, 0.15) is 26.5 Å². The molecule has 0 N–H and O–H groups in total. The second-order valence-corrected chi connectivity index (χ2v) is 7.58. The summed E-state index contributed by atoms with van der Waals surface area (Å²) in [5.74, 6) is -0.646. The number of halogens is 1. The lowest BCUT2D eigenvalue weighted by Gasteiger charge is -2.05. The first-order chi connectivity index (χ1) is 14.2. The van der Waals surface area contributed by atoms with E-state index in [9.17, 15) is 9.18 Å². The Kier molecular flexibility index (Phi) is 5.77. The highest BCUT2D eigenvalue weighted by Crippen LogP contribution is 2.30. The van der Waals surface area contributed by atoms with Crippen LogP contribution in [0.3, 0.4) is 0 Å². The van der Waals surface area contributed by atoms with Crippen molar-refractivity contribution >= 4 is 17.3 Å². The highest BCUT2D eigenvalue weighted by atomic mass is 32.1. The summed E-state index contributed by atoms with van der Waals surface area (Å²) in [7, 11) is 0. The minimum absolute atomic E-state index is 0.0909. The third-order valence-electron chi connectivity index (χ3n) is 4.43. The van der Waals surface area contributed by atoms with Crippen LogP contribution in [0.25, 0.3) is 10.6 Å². The molecule has 0 aliphatic carbocycles. The number of benzene rings is 3. The molecule has 0 spiro atoms. The normalized spacial score (nSPS) is 10.7. The van der Waals surface area contributed by atoms with Crippen molar-refractivity contribution in [2.75, 3.05) is 0 Å². The van der Waals surface area contributed by atoms with Crippen molar-refractivity contribution in [3.8, 4) is 10.6 Å². The second-order valence-electron chi connectivity index (χ2n) is 6.50. The monoisotopic (exact) mass is 403 g/mol. The van der Waals surface area contributed by atoms with E-state index in [4.69, 9.17) is 9.72 Å². The molecule has 0 aliphatic rings. The van der Waals surface area contributed by atoms with Crippen LogP contribution in [0.4, 0.5) is 4.39 Å². The molecule has 0 atom stereocenters. The van der Waals surface area contributed by atoms with E-state index in [1.54, 1.807) is 47.7 Å². The maximum Gasteiger partial charge on any atom is 0.338 e. The van der Waals surface area contributed by atoms with Crippen molar-refractivity contribution < 1.29 is 13.9 Å². The molecule has 0 unspecified atom stereocenters. The Morgan fingerprint density at radius 1 is 0.897 bits per heavy atom. The molecule has 1 aromatic heterocycles. The predicted molar refractivity (Wildman–Crippen MR) is 112 cm³/mol. The van der Waals surface area contributed by atoms with E-state index in [0.29, 0.717) is 12.0 Å². The first-order valence-electron chi connectivity index (χ1n) is 9.19. The molecule has 0 radical (unpaired) electrons. The fourth-order valence-electron chi connectivity index (χ4n) is 2.92. The number of carbonyl (C=O) groups is 1. The first-order valence-corrected chi connectivity index (χ1v) is 10.0. The summed E-state index contributed by atoms with van der Waals surface area (Å²) < 4.78 is 18.7. The SMILES string of the molecule is O=C(OCc1nc(-c2ccccc2)sc1Cc1ccc(F)cc1)c1ccccc1. The summed E-state index contributed by atoms with van der Waals surface area (Å²) in [6.07, 6.45) is 0.600. The smallest absolute Gasteiger partial charge is 0.338 e. The highest BCUT2D eigenvalue weighted by Gasteiger charge is 2.16. The number of aromatic nitrogens is 1. The van der Waals surface area contributed by atoms with Gasteiger partial charge in [0, 0.05) is 16.9 Å². The lowest BCUT2D eigenvalue weighted by Crippen LogP contribution is -2.06. The van der Waals surface area contributed by atoms with Crippen molar-refractivity contribution in [3.05, 3.63) is 112 Å². The molecule has 0 saturated carbocycles. The van der Waals surface area contributed by atoms with E-state index in [0.717, 1.165) is 26.7 Å². The van der Waals surface area contributed by atoms with E-state index >= 15 is 0 Å². The Hall–Kier alpha value is -3.31. The van der Waals surface area contributed by atoms with E-state index in [1.807, 2.05) is 36.4 Å². The number of nitrogens with zero attached hydrogens (tertiary/aromatic N) is 1. The fraction of sp³-hybridized carbons (Fsp3) is 0.0833. The Labute approximate surface area is 172 Å². The van der Waals surface area contributed by atoms with Crippen LogP contribution in [0.2, 0.25) is 0 Å². The minimum atomic E-state index is -0.382. The van der Waals surface area contributed by atoms with Crippen LogP contribution < -0.4 is 0 Å². The zero-order chi connectivity index (χ0) is 20.1. The van der Waals surface area contributed by atoms with Gasteiger partial charge in [0.2, 0.25) is 0 Å². The number of carbonyl (C=O) groups excluding carboxylic acids is 1. The zero-order valence-corrected chi connectivity index (χ0v) is 16.4. The van der Waals surface area contributed by atoms with Crippen LogP contribution in [0.15, 0.2) is 84.9 Å². The Morgan fingerprint density at radius 3 is 2.24 bits per heavy atom. The average molecular weight is 403 g/mol. The number of esters is 1. The maximum atomic E-state index is 13.2. The Morgan fingerprint density at radius 2 is 1.55 bits per heavy atom. The summed E-state index contributed by atoms with van der Waals surface area (Å²) in [5.41, 5.74) is 3.22. The van der Waals surface area contributed by atoms with Crippen molar-refractivity contribution in [2.45, 2.75) is 13.0 Å². The lowest BCUT2D eigenvalue weighted by atomic mass is 10.1. The second kappa shape index (κ2) is 8.80. The van der Waals surface area contributed by atoms with Crippen LogP contribution in [0, 0.1) is 5.82 Å². The molecule has 144 valence electrons. The van der Waals surface area contributed by atoms with E-state index in [-0.39, 0.29) is 18.4 Å². The van der Waals surface area contributed by atoms with Crippen LogP contribution in [0.5, 0.6) is 0 Å². The van der Waals surface area contributed by atoms with Crippen LogP contribution in [-0.4, -0.2) is 11.0 Å². The Bertz CT molecular complexity index is 1090. The highest BCUT2D eigenvalue weighted by molar-refractivity contribution is 7.15. The molecule has 3 nitrogen and oxygen atoms in total. The van der Waals surface area contributed by atoms with Gasteiger partial charge in [-0.2, -0.15) is 0 Å². The van der Waals surface area contributed by atoms with E-state index < -0.39 is 0 Å². The standard InChI is InChI=1S/C24H18FNO2S/c25-20-13-11-17(12-14-20)15-22-21(16-28-24(27)19-9-5-2-6-10-19)26-23(29-22)18-7-3-1-4-8-18/h1-14H,15-16H2. The number of thiazole rings is 1. The quantitative estimate of drug-likeness (QED) is 0.377. The molecule has 3 aromatic carbocycles. The largest absolute Gasteiger partial charge is 0.456 e. The van der Waals surface area contributed by atoms with Gasteiger partial charge in [0.25, 0.3) is 0 Å². The van der Waals surface area contributed by atoms with Gasteiger partial charge in [0.15, 0.2) is 0 Å². The van der Waals surface area contributed by atoms with Crippen molar-refractivity contribution in [3.63, 3.8) is 0 Å². The molecule has 1 heterocycles. The van der Waals surface area contributed by atoms with Gasteiger partial charge in [-0.25, -0.2) is 14.2 Å². The van der Waals surface area contributed by atoms with Crippen molar-refractivity contribution in [1.82, 2.24) is 4.98 Å². The number of hydrogen-bond donors (Lipinski definition) is 0. The Balaban J connectivity index is 1.59. The van der Waals surface area contributed by atoms with Gasteiger partial charge in [0.1, 0.15) is 17.4 Å². The van der Waals surface area contributed by atoms with Gasteiger partial charge in [-0.05, 0) is 29.8 Å². The molecular weight excluding hydrogens is 385 g/mol. The minimum Gasteiger partial charge on any atom is -0.456 e. The predicted octanol–water partition coefficient (Wildman–Crippen LogP) is 5.90. The summed E-state index contributed by atoms with van der Waals surface area (Å²) >= 11 is 1.56. The summed E-state index contributed by atoms with van der Waals surface area (Å²) in [6, 6.07) is 25.2. The van der Waals surface area contributed by atoms with E-state index in [2.05, 4.69) is 0 Å². The molecule has 4 aromatic rings. The molecule has 29 heavy (non-hydrogen) atoms. The molecular formula is C24H18FNO2S. The third-order valence-corrected chi connectivity index (χ3v) is 5.57.